The zero-order valence-electron chi connectivity index (χ0n) is 10.4. The number of hydrogen-bond donors (Lipinski definition) is 0. The summed E-state index contributed by atoms with van der Waals surface area (Å²) in [6, 6.07) is 10.5. The maximum absolute atomic E-state index is 11.9. The summed E-state index contributed by atoms with van der Waals surface area (Å²) in [6.45, 7) is 1.58. The van der Waals surface area contributed by atoms with E-state index in [0.29, 0.717) is 6.42 Å². The van der Waals surface area contributed by atoms with Gasteiger partial charge in [0, 0.05) is 30.8 Å². The molecule has 1 aliphatic carbocycles. The molecular weight excluding hydrogens is 222 g/mol. The van der Waals surface area contributed by atoms with Crippen molar-refractivity contribution in [3.05, 3.63) is 35.9 Å². The zero-order valence-corrected chi connectivity index (χ0v) is 10.4. The quantitative estimate of drug-likeness (QED) is 0.740. The van der Waals surface area contributed by atoms with Gasteiger partial charge in [-0.3, -0.25) is 4.79 Å². The molecule has 1 saturated heterocycles. The summed E-state index contributed by atoms with van der Waals surface area (Å²) in [6.07, 6.45) is 8.31. The van der Waals surface area contributed by atoms with Crippen LogP contribution in [-0.2, 0) is 10.2 Å². The van der Waals surface area contributed by atoms with Crippen molar-refractivity contribution in [3.8, 4) is 12.3 Å². The van der Waals surface area contributed by atoms with E-state index in [4.69, 9.17) is 6.42 Å². The van der Waals surface area contributed by atoms with Crippen molar-refractivity contribution >= 4 is 5.91 Å². The molecule has 1 unspecified atom stereocenters. The molecule has 1 amide bonds. The van der Waals surface area contributed by atoms with E-state index >= 15 is 0 Å². The molecule has 92 valence electrons. The minimum absolute atomic E-state index is 0.115. The summed E-state index contributed by atoms with van der Waals surface area (Å²) >= 11 is 0. The number of amides is 1. The van der Waals surface area contributed by atoms with Crippen LogP contribution in [0.4, 0.5) is 0 Å². The minimum atomic E-state index is 0.115. The molecule has 3 rings (SSSR count). The fourth-order valence-corrected chi connectivity index (χ4v) is 2.88. The highest BCUT2D eigenvalue weighted by atomic mass is 16.2. The Morgan fingerprint density at radius 1 is 1.33 bits per heavy atom. The molecule has 1 aromatic carbocycles. The molecule has 2 aliphatic rings. The van der Waals surface area contributed by atoms with Crippen LogP contribution in [0, 0.1) is 18.3 Å². The van der Waals surface area contributed by atoms with Crippen LogP contribution in [0.15, 0.2) is 30.3 Å². The average Bonchev–Trinajstić information content (AvgIpc) is 3.10. The first-order chi connectivity index (χ1) is 8.73. The Bertz CT molecular complexity index is 496. The molecule has 2 nitrogen and oxygen atoms in total. The number of carbonyl (C=O) groups excluding carboxylic acids is 1. The van der Waals surface area contributed by atoms with Crippen molar-refractivity contribution in [2.45, 2.75) is 24.7 Å². The lowest BCUT2D eigenvalue weighted by atomic mass is 9.95. The van der Waals surface area contributed by atoms with Crippen LogP contribution in [0.2, 0.25) is 0 Å². The summed E-state index contributed by atoms with van der Waals surface area (Å²) in [5.41, 5.74) is 1.57. The van der Waals surface area contributed by atoms with Gasteiger partial charge in [-0.15, -0.1) is 12.3 Å². The molecule has 1 aromatic rings. The first-order valence-electron chi connectivity index (χ1n) is 6.53. The van der Waals surface area contributed by atoms with Crippen LogP contribution in [0.3, 0.4) is 0 Å². The van der Waals surface area contributed by atoms with Gasteiger partial charge < -0.3 is 4.90 Å². The Kier molecular flexibility index (Phi) is 2.63. The summed E-state index contributed by atoms with van der Waals surface area (Å²) < 4.78 is 0. The lowest BCUT2D eigenvalue weighted by molar-refractivity contribution is -0.128. The molecule has 1 aliphatic heterocycles. The Morgan fingerprint density at radius 3 is 2.61 bits per heavy atom. The third kappa shape index (κ3) is 1.90. The summed E-state index contributed by atoms with van der Waals surface area (Å²) in [4.78, 5) is 13.9. The number of nitrogens with zero attached hydrogens (tertiary/aromatic N) is 1. The molecule has 2 heteroatoms. The molecule has 18 heavy (non-hydrogen) atoms. The largest absolute Gasteiger partial charge is 0.341 e. The van der Waals surface area contributed by atoms with Crippen molar-refractivity contribution in [2.75, 3.05) is 13.1 Å². The van der Waals surface area contributed by atoms with Gasteiger partial charge >= 0.3 is 0 Å². The third-order valence-electron chi connectivity index (χ3n) is 4.18. The van der Waals surface area contributed by atoms with Crippen LogP contribution in [0.25, 0.3) is 0 Å². The van der Waals surface area contributed by atoms with E-state index < -0.39 is 0 Å². The van der Waals surface area contributed by atoms with Crippen LogP contribution < -0.4 is 0 Å². The second kappa shape index (κ2) is 4.17. The third-order valence-corrected chi connectivity index (χ3v) is 4.18. The molecule has 2 fully saturated rings. The topological polar surface area (TPSA) is 20.3 Å². The number of terminal acetylenes is 1. The van der Waals surface area contributed by atoms with Crippen molar-refractivity contribution in [1.82, 2.24) is 4.90 Å². The van der Waals surface area contributed by atoms with E-state index in [1.807, 2.05) is 11.0 Å². The van der Waals surface area contributed by atoms with E-state index in [-0.39, 0.29) is 17.2 Å². The summed E-state index contributed by atoms with van der Waals surface area (Å²) in [5, 5.41) is 0. The highest BCUT2D eigenvalue weighted by Crippen LogP contribution is 2.49. The van der Waals surface area contributed by atoms with Gasteiger partial charge in [0.05, 0.1) is 0 Å². The first kappa shape index (κ1) is 11.3. The van der Waals surface area contributed by atoms with Crippen LogP contribution in [-0.4, -0.2) is 23.9 Å². The summed E-state index contributed by atoms with van der Waals surface area (Å²) in [5.74, 6) is 3.04. The van der Waals surface area contributed by atoms with Crippen molar-refractivity contribution < 1.29 is 4.79 Å². The Morgan fingerprint density at radius 2 is 2.06 bits per heavy atom. The highest BCUT2D eigenvalue weighted by molar-refractivity contribution is 5.79. The molecule has 0 N–H and O–H groups in total. The maximum Gasteiger partial charge on any atom is 0.223 e. The van der Waals surface area contributed by atoms with Crippen LogP contribution >= 0.6 is 0 Å². The molecule has 0 aromatic heterocycles. The molecule has 1 atom stereocenters. The van der Waals surface area contributed by atoms with Crippen LogP contribution in [0.5, 0.6) is 0 Å². The predicted octanol–water partition coefficient (Wildman–Crippen LogP) is 2.20. The Balaban J connectivity index is 1.74. The second-order valence-electron chi connectivity index (χ2n) is 5.49. The van der Waals surface area contributed by atoms with Gasteiger partial charge in [0.15, 0.2) is 0 Å². The van der Waals surface area contributed by atoms with Crippen molar-refractivity contribution in [3.63, 3.8) is 0 Å². The SMILES string of the molecule is C#CC1CC(=O)N(CC2(c3ccccc3)CC2)C1. The normalized spacial score (nSPS) is 24.9. The summed E-state index contributed by atoms with van der Waals surface area (Å²) in [7, 11) is 0. The van der Waals surface area contributed by atoms with E-state index in [9.17, 15) is 4.79 Å². The molecular formula is C16H17NO. The highest BCUT2D eigenvalue weighted by Gasteiger charge is 2.47. The lowest BCUT2D eigenvalue weighted by Crippen LogP contribution is -2.33. The second-order valence-corrected chi connectivity index (χ2v) is 5.49. The monoisotopic (exact) mass is 239 g/mol. The minimum Gasteiger partial charge on any atom is -0.341 e. The van der Waals surface area contributed by atoms with Gasteiger partial charge in [-0.05, 0) is 18.4 Å². The standard InChI is InChI=1S/C16H17NO/c1-2-13-10-15(18)17(11-13)12-16(8-9-16)14-6-4-3-5-7-14/h1,3-7,13H,8-12H2. The maximum atomic E-state index is 11.9. The van der Waals surface area contributed by atoms with Crippen molar-refractivity contribution in [2.24, 2.45) is 5.92 Å². The van der Waals surface area contributed by atoms with Gasteiger partial charge in [-0.2, -0.15) is 0 Å². The number of rotatable bonds is 3. The predicted molar refractivity (Wildman–Crippen MR) is 70.9 cm³/mol. The van der Waals surface area contributed by atoms with Gasteiger partial charge in [0.2, 0.25) is 5.91 Å². The van der Waals surface area contributed by atoms with Gasteiger partial charge in [-0.25, -0.2) is 0 Å². The average molecular weight is 239 g/mol. The fourth-order valence-electron chi connectivity index (χ4n) is 2.88. The Hall–Kier alpha value is -1.75. The van der Waals surface area contributed by atoms with E-state index in [1.165, 1.54) is 18.4 Å². The lowest BCUT2D eigenvalue weighted by Gasteiger charge is -2.24. The number of likely N-dealkylation sites (tertiary alicyclic amines) is 1. The number of hydrogen-bond acceptors (Lipinski definition) is 1. The van der Waals surface area contributed by atoms with E-state index in [2.05, 4.69) is 30.2 Å². The molecule has 0 bridgehead atoms. The molecule has 0 radical (unpaired) electrons. The van der Waals surface area contributed by atoms with Gasteiger partial charge in [-0.1, -0.05) is 30.3 Å². The molecule has 0 spiro atoms. The molecule has 1 heterocycles. The van der Waals surface area contributed by atoms with Crippen molar-refractivity contribution in [1.29, 1.82) is 0 Å². The fraction of sp³-hybridized carbons (Fsp3) is 0.438. The van der Waals surface area contributed by atoms with Crippen LogP contribution in [0.1, 0.15) is 24.8 Å². The number of carbonyl (C=O) groups is 1. The van der Waals surface area contributed by atoms with E-state index in [1.54, 1.807) is 0 Å². The molecule has 1 saturated carbocycles. The zero-order chi connectivity index (χ0) is 12.6. The first-order valence-corrected chi connectivity index (χ1v) is 6.53. The smallest absolute Gasteiger partial charge is 0.223 e. The number of benzene rings is 1. The van der Waals surface area contributed by atoms with Gasteiger partial charge in [0.25, 0.3) is 0 Å². The van der Waals surface area contributed by atoms with Gasteiger partial charge in [0.1, 0.15) is 0 Å². The Labute approximate surface area is 108 Å². The van der Waals surface area contributed by atoms with E-state index in [0.717, 1.165) is 13.1 Å².